The van der Waals surface area contributed by atoms with Gasteiger partial charge in [0.05, 0.1) is 13.0 Å². The second-order valence-electron chi connectivity index (χ2n) is 4.86. The van der Waals surface area contributed by atoms with Crippen molar-refractivity contribution in [2.75, 3.05) is 13.7 Å². The van der Waals surface area contributed by atoms with E-state index in [1.807, 2.05) is 25.1 Å². The predicted molar refractivity (Wildman–Crippen MR) is 77.7 cm³/mol. The molecule has 0 amide bonds. The molecule has 1 aromatic heterocycles. The molecule has 0 saturated heterocycles. The van der Waals surface area contributed by atoms with Gasteiger partial charge < -0.3 is 15.0 Å². The minimum absolute atomic E-state index is 0.139. The summed E-state index contributed by atoms with van der Waals surface area (Å²) in [5.74, 6) is 2.21. The minimum atomic E-state index is 0.139. The monoisotopic (exact) mass is 275 g/mol. The first-order valence-corrected chi connectivity index (χ1v) is 6.88. The van der Waals surface area contributed by atoms with Gasteiger partial charge in [0.1, 0.15) is 5.75 Å². The Morgan fingerprint density at radius 3 is 2.80 bits per heavy atom. The van der Waals surface area contributed by atoms with Crippen molar-refractivity contribution in [1.29, 1.82) is 0 Å². The van der Waals surface area contributed by atoms with Crippen LogP contribution in [0.2, 0.25) is 0 Å². The zero-order valence-electron chi connectivity index (χ0n) is 12.2. The Morgan fingerprint density at radius 2 is 2.20 bits per heavy atom. The third-order valence-corrected chi connectivity index (χ3v) is 3.37. The van der Waals surface area contributed by atoms with Gasteiger partial charge in [-0.05, 0) is 37.1 Å². The summed E-state index contributed by atoms with van der Waals surface area (Å²) in [7, 11) is 1.66. The van der Waals surface area contributed by atoms with Crippen LogP contribution in [-0.4, -0.2) is 23.8 Å². The lowest BCUT2D eigenvalue weighted by molar-refractivity contribution is 0.347. The van der Waals surface area contributed by atoms with Crippen LogP contribution in [0.5, 0.6) is 5.75 Å². The molecule has 0 aliphatic carbocycles. The van der Waals surface area contributed by atoms with Gasteiger partial charge >= 0.3 is 0 Å². The van der Waals surface area contributed by atoms with Crippen molar-refractivity contribution >= 4 is 0 Å². The molecule has 2 aromatic rings. The molecule has 1 unspecified atom stereocenters. The fourth-order valence-electron chi connectivity index (χ4n) is 2.23. The number of nitrogens with zero attached hydrogens (tertiary/aromatic N) is 2. The number of aromatic nitrogens is 2. The number of hydrogen-bond acceptors (Lipinski definition) is 5. The first-order chi connectivity index (χ1) is 9.69. The highest BCUT2D eigenvalue weighted by Crippen LogP contribution is 2.26. The van der Waals surface area contributed by atoms with Crippen LogP contribution >= 0.6 is 0 Å². The van der Waals surface area contributed by atoms with Crippen LogP contribution in [0.4, 0.5) is 0 Å². The van der Waals surface area contributed by atoms with Crippen LogP contribution < -0.4 is 10.5 Å². The zero-order valence-corrected chi connectivity index (χ0v) is 12.2. The molecule has 5 heteroatoms. The van der Waals surface area contributed by atoms with E-state index in [0.717, 1.165) is 29.7 Å². The smallest absolute Gasteiger partial charge is 0.231 e. The highest BCUT2D eigenvalue weighted by atomic mass is 16.5. The van der Waals surface area contributed by atoms with E-state index in [4.69, 9.17) is 15.0 Å². The van der Waals surface area contributed by atoms with Crippen molar-refractivity contribution in [2.45, 2.75) is 32.6 Å². The molecule has 0 aliphatic heterocycles. The maximum absolute atomic E-state index is 5.76. The van der Waals surface area contributed by atoms with E-state index in [1.54, 1.807) is 7.11 Å². The van der Waals surface area contributed by atoms with Gasteiger partial charge in [0.2, 0.25) is 11.7 Å². The Labute approximate surface area is 119 Å². The van der Waals surface area contributed by atoms with Crippen molar-refractivity contribution in [3.05, 3.63) is 29.7 Å². The van der Waals surface area contributed by atoms with Crippen LogP contribution in [0.1, 0.15) is 37.1 Å². The molecule has 1 aromatic carbocycles. The molecule has 0 spiro atoms. The number of nitrogens with two attached hydrogens (primary N) is 1. The van der Waals surface area contributed by atoms with Gasteiger partial charge in [-0.2, -0.15) is 4.98 Å². The van der Waals surface area contributed by atoms with Gasteiger partial charge in [-0.1, -0.05) is 18.5 Å². The quantitative estimate of drug-likeness (QED) is 0.877. The summed E-state index contributed by atoms with van der Waals surface area (Å²) < 4.78 is 10.6. The number of hydrogen-bond donors (Lipinski definition) is 1. The standard InChI is InChI=1S/C15H21N3O2/c1-4-5-12(9-16)15-17-14(18-20-15)11-6-7-13(19-3)10(2)8-11/h6-8,12H,4-5,9,16H2,1-3H3. The molecule has 2 rings (SSSR count). The first kappa shape index (κ1) is 14.5. The van der Waals surface area contributed by atoms with Crippen molar-refractivity contribution in [1.82, 2.24) is 10.1 Å². The number of ether oxygens (including phenoxy) is 1. The number of benzene rings is 1. The molecular formula is C15H21N3O2. The average Bonchev–Trinajstić information content (AvgIpc) is 2.94. The minimum Gasteiger partial charge on any atom is -0.496 e. The van der Waals surface area contributed by atoms with E-state index in [2.05, 4.69) is 17.1 Å². The zero-order chi connectivity index (χ0) is 14.5. The maximum atomic E-state index is 5.76. The number of rotatable bonds is 6. The summed E-state index contributed by atoms with van der Waals surface area (Å²) in [5, 5.41) is 4.05. The van der Waals surface area contributed by atoms with Gasteiger partial charge in [-0.15, -0.1) is 0 Å². The van der Waals surface area contributed by atoms with Gasteiger partial charge in [-0.3, -0.25) is 0 Å². The van der Waals surface area contributed by atoms with Gasteiger partial charge in [-0.25, -0.2) is 0 Å². The van der Waals surface area contributed by atoms with Gasteiger partial charge in [0, 0.05) is 12.1 Å². The molecule has 20 heavy (non-hydrogen) atoms. The first-order valence-electron chi connectivity index (χ1n) is 6.88. The molecule has 2 N–H and O–H groups in total. The second kappa shape index (κ2) is 6.52. The molecule has 0 bridgehead atoms. The third-order valence-electron chi connectivity index (χ3n) is 3.37. The summed E-state index contributed by atoms with van der Waals surface area (Å²) in [5.41, 5.74) is 7.72. The van der Waals surface area contributed by atoms with Crippen molar-refractivity contribution in [3.8, 4) is 17.1 Å². The van der Waals surface area contributed by atoms with Crippen molar-refractivity contribution in [3.63, 3.8) is 0 Å². The largest absolute Gasteiger partial charge is 0.496 e. The van der Waals surface area contributed by atoms with Crippen LogP contribution in [-0.2, 0) is 0 Å². The van der Waals surface area contributed by atoms with Gasteiger partial charge in [0.25, 0.3) is 0 Å². The Balaban J connectivity index is 2.26. The molecule has 1 atom stereocenters. The van der Waals surface area contributed by atoms with E-state index >= 15 is 0 Å². The average molecular weight is 275 g/mol. The SMILES string of the molecule is CCCC(CN)c1nc(-c2ccc(OC)c(C)c2)no1. The molecule has 0 fully saturated rings. The Bertz CT molecular complexity index is 566. The van der Waals surface area contributed by atoms with Crippen LogP contribution in [0.3, 0.4) is 0 Å². The van der Waals surface area contributed by atoms with E-state index < -0.39 is 0 Å². The van der Waals surface area contributed by atoms with Crippen molar-refractivity contribution in [2.24, 2.45) is 5.73 Å². The predicted octanol–water partition coefficient (Wildman–Crippen LogP) is 2.90. The van der Waals surface area contributed by atoms with Crippen LogP contribution in [0.25, 0.3) is 11.4 Å². The van der Waals surface area contributed by atoms with E-state index in [-0.39, 0.29) is 5.92 Å². The fraction of sp³-hybridized carbons (Fsp3) is 0.467. The Hall–Kier alpha value is -1.88. The highest BCUT2D eigenvalue weighted by molar-refractivity contribution is 5.58. The summed E-state index contributed by atoms with van der Waals surface area (Å²) in [6.45, 7) is 4.63. The summed E-state index contributed by atoms with van der Waals surface area (Å²) in [6, 6.07) is 5.83. The molecule has 0 saturated carbocycles. The summed E-state index contributed by atoms with van der Waals surface area (Å²) in [6.07, 6.45) is 2.00. The highest BCUT2D eigenvalue weighted by Gasteiger charge is 2.17. The second-order valence-corrected chi connectivity index (χ2v) is 4.86. The topological polar surface area (TPSA) is 74.2 Å². The summed E-state index contributed by atoms with van der Waals surface area (Å²) in [4.78, 5) is 4.47. The normalized spacial score (nSPS) is 12.4. The number of aryl methyl sites for hydroxylation is 1. The fourth-order valence-corrected chi connectivity index (χ4v) is 2.23. The van der Waals surface area contributed by atoms with Gasteiger partial charge in [0.15, 0.2) is 0 Å². The molecule has 108 valence electrons. The molecule has 1 heterocycles. The third kappa shape index (κ3) is 2.99. The molecule has 0 aliphatic rings. The van der Waals surface area contributed by atoms with E-state index in [0.29, 0.717) is 18.3 Å². The lowest BCUT2D eigenvalue weighted by atomic mass is 10.0. The lowest BCUT2D eigenvalue weighted by Crippen LogP contribution is -2.12. The Kier molecular flexibility index (Phi) is 4.74. The van der Waals surface area contributed by atoms with Crippen LogP contribution in [0.15, 0.2) is 22.7 Å². The van der Waals surface area contributed by atoms with E-state index in [9.17, 15) is 0 Å². The molecule has 0 radical (unpaired) electrons. The maximum Gasteiger partial charge on any atom is 0.231 e. The lowest BCUT2D eigenvalue weighted by Gasteiger charge is -2.07. The Morgan fingerprint density at radius 1 is 1.40 bits per heavy atom. The molecule has 5 nitrogen and oxygen atoms in total. The molecular weight excluding hydrogens is 254 g/mol. The van der Waals surface area contributed by atoms with Crippen LogP contribution in [0, 0.1) is 6.92 Å². The number of methoxy groups -OCH3 is 1. The summed E-state index contributed by atoms with van der Waals surface area (Å²) >= 11 is 0. The van der Waals surface area contributed by atoms with E-state index in [1.165, 1.54) is 0 Å². The van der Waals surface area contributed by atoms with Crippen molar-refractivity contribution < 1.29 is 9.26 Å².